The summed E-state index contributed by atoms with van der Waals surface area (Å²) in [4.78, 5) is 10.2. The van der Waals surface area contributed by atoms with Crippen LogP contribution in [0, 0.1) is 24.0 Å². The van der Waals surface area contributed by atoms with Crippen molar-refractivity contribution in [3.8, 4) is 5.69 Å². The van der Waals surface area contributed by atoms with Crippen LogP contribution >= 0.6 is 15.9 Å². The van der Waals surface area contributed by atoms with E-state index in [0.717, 1.165) is 27.1 Å². The van der Waals surface area contributed by atoms with Crippen molar-refractivity contribution in [2.24, 2.45) is 5.10 Å². The van der Waals surface area contributed by atoms with E-state index < -0.39 is 4.92 Å². The molecule has 0 unspecified atom stereocenters. The maximum absolute atomic E-state index is 10.7. The summed E-state index contributed by atoms with van der Waals surface area (Å²) in [5.74, 6) is 0. The minimum Gasteiger partial charge on any atom is -0.318 e. The van der Waals surface area contributed by atoms with Gasteiger partial charge in [-0.3, -0.25) is 15.5 Å². The molecule has 1 N–H and O–H groups in total. The highest BCUT2D eigenvalue weighted by atomic mass is 79.9. The number of rotatable bonds is 5. The topological polar surface area (TPSA) is 72.5 Å². The number of aromatic nitrogens is 1. The summed E-state index contributed by atoms with van der Waals surface area (Å²) >= 11 is 3.51. The smallest absolute Gasteiger partial charge is 0.269 e. The summed E-state index contributed by atoms with van der Waals surface area (Å²) in [5, 5.41) is 14.9. The second-order valence-electron chi connectivity index (χ2n) is 5.82. The first-order valence-corrected chi connectivity index (χ1v) is 8.73. The average molecular weight is 413 g/mol. The highest BCUT2D eigenvalue weighted by molar-refractivity contribution is 9.10. The summed E-state index contributed by atoms with van der Waals surface area (Å²) in [7, 11) is 0. The van der Waals surface area contributed by atoms with Crippen molar-refractivity contribution in [1.29, 1.82) is 0 Å². The molecule has 0 radical (unpaired) electrons. The average Bonchev–Trinajstić information content (AvgIpc) is 2.89. The van der Waals surface area contributed by atoms with E-state index in [0.29, 0.717) is 5.69 Å². The molecule has 0 aliphatic rings. The normalized spacial score (nSPS) is 11.0. The van der Waals surface area contributed by atoms with Gasteiger partial charge >= 0.3 is 0 Å². The minimum absolute atomic E-state index is 0.0529. The first kappa shape index (κ1) is 17.9. The van der Waals surface area contributed by atoms with Gasteiger partial charge in [0.25, 0.3) is 5.69 Å². The van der Waals surface area contributed by atoms with Gasteiger partial charge in [0.2, 0.25) is 0 Å². The molecule has 0 amide bonds. The fraction of sp³-hybridized carbons (Fsp3) is 0.105. The Bertz CT molecular complexity index is 978. The number of anilines is 1. The summed E-state index contributed by atoms with van der Waals surface area (Å²) < 4.78 is 3.19. The summed E-state index contributed by atoms with van der Waals surface area (Å²) in [6, 6.07) is 16.3. The Kier molecular flexibility index (Phi) is 5.18. The molecule has 26 heavy (non-hydrogen) atoms. The number of hydrazone groups is 1. The maximum atomic E-state index is 10.7. The van der Waals surface area contributed by atoms with E-state index in [4.69, 9.17) is 0 Å². The van der Waals surface area contributed by atoms with Crippen LogP contribution in [0.2, 0.25) is 0 Å². The van der Waals surface area contributed by atoms with Gasteiger partial charge in [-0.1, -0.05) is 22.0 Å². The van der Waals surface area contributed by atoms with E-state index in [1.165, 1.54) is 12.1 Å². The van der Waals surface area contributed by atoms with Crippen LogP contribution in [0.4, 0.5) is 11.4 Å². The van der Waals surface area contributed by atoms with Gasteiger partial charge in [-0.15, -0.1) is 0 Å². The van der Waals surface area contributed by atoms with Crippen LogP contribution in [0.1, 0.15) is 17.0 Å². The molecule has 2 aromatic carbocycles. The molecule has 1 heterocycles. The van der Waals surface area contributed by atoms with Crippen LogP contribution in [0.3, 0.4) is 0 Å². The van der Waals surface area contributed by atoms with Gasteiger partial charge in [0, 0.05) is 39.2 Å². The van der Waals surface area contributed by atoms with Crippen molar-refractivity contribution in [2.75, 3.05) is 5.43 Å². The summed E-state index contributed by atoms with van der Waals surface area (Å²) in [6.45, 7) is 4.09. The molecular formula is C19H17BrN4O2. The first-order valence-electron chi connectivity index (χ1n) is 7.94. The molecule has 1 aromatic heterocycles. The van der Waals surface area contributed by atoms with Crippen LogP contribution in [0.5, 0.6) is 0 Å². The molecule has 0 saturated carbocycles. The molecule has 3 aromatic rings. The minimum atomic E-state index is -0.427. The van der Waals surface area contributed by atoms with Crippen molar-refractivity contribution in [2.45, 2.75) is 13.8 Å². The lowest BCUT2D eigenvalue weighted by molar-refractivity contribution is -0.384. The molecule has 132 valence electrons. The molecule has 0 spiro atoms. The van der Waals surface area contributed by atoms with Crippen molar-refractivity contribution >= 4 is 33.5 Å². The number of halogens is 1. The monoisotopic (exact) mass is 412 g/mol. The molecule has 6 nitrogen and oxygen atoms in total. The Morgan fingerprint density at radius 1 is 1.15 bits per heavy atom. The summed E-state index contributed by atoms with van der Waals surface area (Å²) in [6.07, 6.45) is 1.75. The lowest BCUT2D eigenvalue weighted by atomic mass is 10.2. The van der Waals surface area contributed by atoms with Crippen LogP contribution in [-0.2, 0) is 0 Å². The Morgan fingerprint density at radius 3 is 2.54 bits per heavy atom. The number of nitrogens with zero attached hydrogens (tertiary/aromatic N) is 3. The van der Waals surface area contributed by atoms with E-state index in [2.05, 4.69) is 56.1 Å². The lowest BCUT2D eigenvalue weighted by Gasteiger charge is -2.09. The molecule has 0 aliphatic heterocycles. The zero-order valence-electron chi connectivity index (χ0n) is 14.3. The van der Waals surface area contributed by atoms with Crippen LogP contribution in [0.25, 0.3) is 5.69 Å². The molecular weight excluding hydrogens is 396 g/mol. The third kappa shape index (κ3) is 3.83. The van der Waals surface area contributed by atoms with Crippen LogP contribution in [-0.4, -0.2) is 15.7 Å². The quantitative estimate of drug-likeness (QED) is 0.355. The standard InChI is InChI=1S/C19H17BrN4O2/c1-13-10-15(14(2)23(13)19-5-3-4-16(20)11-19)12-21-22-17-6-8-18(9-7-17)24(25)26/h3-12,22H,1-2H3/b21-12+. The van der Waals surface area contributed by atoms with Gasteiger partial charge in [-0.25, -0.2) is 0 Å². The molecule has 0 atom stereocenters. The highest BCUT2D eigenvalue weighted by Crippen LogP contribution is 2.22. The summed E-state index contributed by atoms with van der Waals surface area (Å²) in [5.41, 5.74) is 7.90. The number of aryl methyl sites for hydroxylation is 1. The Hall–Kier alpha value is -2.93. The van der Waals surface area contributed by atoms with Gasteiger partial charge in [-0.05, 0) is 50.2 Å². The third-order valence-electron chi connectivity index (χ3n) is 4.01. The number of nitro groups is 1. The van der Waals surface area contributed by atoms with Gasteiger partial charge in [-0.2, -0.15) is 5.10 Å². The van der Waals surface area contributed by atoms with E-state index in [1.807, 2.05) is 19.1 Å². The number of hydrogen-bond acceptors (Lipinski definition) is 4. The predicted molar refractivity (Wildman–Crippen MR) is 107 cm³/mol. The second-order valence-corrected chi connectivity index (χ2v) is 6.73. The number of non-ortho nitro benzene ring substituents is 1. The predicted octanol–water partition coefficient (Wildman–Crippen LogP) is 5.21. The Morgan fingerprint density at radius 2 is 1.88 bits per heavy atom. The number of nitrogens with one attached hydrogen (secondary N) is 1. The SMILES string of the molecule is Cc1cc(/C=N/Nc2ccc([N+](=O)[O-])cc2)c(C)n1-c1cccc(Br)c1. The zero-order valence-corrected chi connectivity index (χ0v) is 15.9. The fourth-order valence-corrected chi connectivity index (χ4v) is 3.15. The Balaban J connectivity index is 1.79. The van der Waals surface area contributed by atoms with Gasteiger partial charge in [0.15, 0.2) is 0 Å². The number of benzene rings is 2. The zero-order chi connectivity index (χ0) is 18.7. The molecule has 0 aliphatic carbocycles. The molecule has 0 fully saturated rings. The highest BCUT2D eigenvalue weighted by Gasteiger charge is 2.09. The fourth-order valence-electron chi connectivity index (χ4n) is 2.76. The van der Waals surface area contributed by atoms with E-state index in [-0.39, 0.29) is 5.69 Å². The van der Waals surface area contributed by atoms with Gasteiger partial charge in [0.05, 0.1) is 16.8 Å². The largest absolute Gasteiger partial charge is 0.318 e. The van der Waals surface area contributed by atoms with Crippen molar-refractivity contribution in [3.63, 3.8) is 0 Å². The van der Waals surface area contributed by atoms with E-state index >= 15 is 0 Å². The van der Waals surface area contributed by atoms with E-state index in [9.17, 15) is 10.1 Å². The Labute approximate surface area is 159 Å². The van der Waals surface area contributed by atoms with E-state index in [1.54, 1.807) is 18.3 Å². The van der Waals surface area contributed by atoms with Crippen molar-refractivity contribution in [3.05, 3.63) is 86.1 Å². The van der Waals surface area contributed by atoms with Crippen LogP contribution in [0.15, 0.2) is 64.2 Å². The first-order chi connectivity index (χ1) is 12.5. The van der Waals surface area contributed by atoms with Gasteiger partial charge < -0.3 is 4.57 Å². The lowest BCUT2D eigenvalue weighted by Crippen LogP contribution is -1.99. The second kappa shape index (κ2) is 7.53. The van der Waals surface area contributed by atoms with Crippen LogP contribution < -0.4 is 5.43 Å². The molecule has 0 bridgehead atoms. The molecule has 3 rings (SSSR count). The van der Waals surface area contributed by atoms with Gasteiger partial charge in [0.1, 0.15) is 0 Å². The maximum Gasteiger partial charge on any atom is 0.269 e. The molecule has 7 heteroatoms. The number of nitro benzene ring substituents is 1. The molecule has 0 saturated heterocycles. The van der Waals surface area contributed by atoms with Crippen molar-refractivity contribution < 1.29 is 4.92 Å². The third-order valence-corrected chi connectivity index (χ3v) is 4.51. The van der Waals surface area contributed by atoms with Crippen molar-refractivity contribution in [1.82, 2.24) is 4.57 Å². The number of hydrogen-bond donors (Lipinski definition) is 1.